The smallest absolute Gasteiger partial charge is 0.00683 e. The van der Waals surface area contributed by atoms with Crippen LogP contribution in [0, 0.1) is 32.6 Å². The number of benzene rings is 1. The molecule has 0 radical (unpaired) electrons. The molecule has 0 amide bonds. The van der Waals surface area contributed by atoms with E-state index >= 15 is 0 Å². The van der Waals surface area contributed by atoms with Crippen molar-refractivity contribution in [3.05, 3.63) is 34.4 Å². The molecule has 110 valence electrons. The van der Waals surface area contributed by atoms with Crippen LogP contribution in [-0.4, -0.2) is 12.6 Å². The van der Waals surface area contributed by atoms with E-state index in [4.69, 9.17) is 0 Å². The van der Waals surface area contributed by atoms with Crippen molar-refractivity contribution < 1.29 is 0 Å². The van der Waals surface area contributed by atoms with E-state index in [0.29, 0.717) is 0 Å². The average Bonchev–Trinajstić information content (AvgIpc) is 3.11. The molecule has 0 saturated heterocycles. The second kappa shape index (κ2) is 5.89. The lowest BCUT2D eigenvalue weighted by Gasteiger charge is -2.22. The van der Waals surface area contributed by atoms with Gasteiger partial charge < -0.3 is 5.32 Å². The summed E-state index contributed by atoms with van der Waals surface area (Å²) in [5.74, 6) is 1.82. The zero-order chi connectivity index (χ0) is 14.1. The number of hydrogen-bond donors (Lipinski definition) is 1. The maximum atomic E-state index is 3.75. The standard InChI is InChI=1S/C19H29N/c1-13-9-14(2)19(15(3)10-13)11-16-5-4-6-17(16)12-20-18-7-8-18/h9-10,16-18,20H,4-8,11-12H2,1-3H3. The highest BCUT2D eigenvalue weighted by molar-refractivity contribution is 5.37. The number of aryl methyl sites for hydroxylation is 3. The van der Waals surface area contributed by atoms with Crippen LogP contribution >= 0.6 is 0 Å². The van der Waals surface area contributed by atoms with E-state index in [1.54, 1.807) is 5.56 Å². The predicted octanol–water partition coefficient (Wildman–Crippen LogP) is 4.32. The first kappa shape index (κ1) is 14.1. The summed E-state index contributed by atoms with van der Waals surface area (Å²) in [6, 6.07) is 5.57. The van der Waals surface area contributed by atoms with Crippen LogP contribution < -0.4 is 5.32 Å². The molecule has 2 saturated carbocycles. The van der Waals surface area contributed by atoms with Crippen LogP contribution in [0.2, 0.25) is 0 Å². The van der Waals surface area contributed by atoms with E-state index < -0.39 is 0 Å². The third kappa shape index (κ3) is 3.25. The molecule has 0 aromatic heterocycles. The van der Waals surface area contributed by atoms with Gasteiger partial charge in [-0.25, -0.2) is 0 Å². The molecule has 2 fully saturated rings. The fourth-order valence-corrected chi connectivity index (χ4v) is 4.05. The van der Waals surface area contributed by atoms with Crippen molar-refractivity contribution >= 4 is 0 Å². The average molecular weight is 271 g/mol. The van der Waals surface area contributed by atoms with Gasteiger partial charge in [-0.2, -0.15) is 0 Å². The lowest BCUT2D eigenvalue weighted by atomic mass is 9.85. The molecular formula is C19H29N. The molecule has 2 atom stereocenters. The Balaban J connectivity index is 1.66. The number of rotatable bonds is 5. The second-order valence-corrected chi connectivity index (χ2v) is 7.21. The summed E-state index contributed by atoms with van der Waals surface area (Å²) in [7, 11) is 0. The van der Waals surface area contributed by atoms with Crippen molar-refractivity contribution in [1.82, 2.24) is 5.32 Å². The van der Waals surface area contributed by atoms with Crippen LogP contribution in [0.15, 0.2) is 12.1 Å². The minimum Gasteiger partial charge on any atom is -0.314 e. The Labute approximate surface area is 124 Å². The Morgan fingerprint density at radius 3 is 2.25 bits per heavy atom. The Morgan fingerprint density at radius 2 is 1.60 bits per heavy atom. The lowest BCUT2D eigenvalue weighted by Crippen LogP contribution is -2.27. The molecule has 2 aliphatic carbocycles. The van der Waals surface area contributed by atoms with Gasteiger partial charge in [0.2, 0.25) is 0 Å². The molecule has 1 aromatic carbocycles. The highest BCUT2D eigenvalue weighted by atomic mass is 14.9. The molecular weight excluding hydrogens is 242 g/mol. The third-order valence-corrected chi connectivity index (χ3v) is 5.37. The van der Waals surface area contributed by atoms with E-state index in [9.17, 15) is 0 Å². The van der Waals surface area contributed by atoms with Crippen molar-refractivity contribution in [3.8, 4) is 0 Å². The van der Waals surface area contributed by atoms with Gasteiger partial charge in [-0.05, 0) is 87.9 Å². The Hall–Kier alpha value is -0.820. The zero-order valence-corrected chi connectivity index (χ0v) is 13.3. The van der Waals surface area contributed by atoms with Gasteiger partial charge in [0, 0.05) is 6.04 Å². The molecule has 1 N–H and O–H groups in total. The summed E-state index contributed by atoms with van der Waals surface area (Å²) in [4.78, 5) is 0. The van der Waals surface area contributed by atoms with Crippen molar-refractivity contribution in [1.29, 1.82) is 0 Å². The summed E-state index contributed by atoms with van der Waals surface area (Å²) in [5.41, 5.74) is 6.03. The van der Waals surface area contributed by atoms with Crippen LogP contribution in [0.5, 0.6) is 0 Å². The Bertz CT molecular complexity index is 450. The van der Waals surface area contributed by atoms with Crippen LogP contribution in [-0.2, 0) is 6.42 Å². The van der Waals surface area contributed by atoms with E-state index in [0.717, 1.165) is 17.9 Å². The summed E-state index contributed by atoms with van der Waals surface area (Å²) in [6.45, 7) is 8.06. The molecule has 0 bridgehead atoms. The topological polar surface area (TPSA) is 12.0 Å². The summed E-state index contributed by atoms with van der Waals surface area (Å²) < 4.78 is 0. The maximum absolute atomic E-state index is 3.75. The first-order valence-corrected chi connectivity index (χ1v) is 8.43. The van der Waals surface area contributed by atoms with Gasteiger partial charge in [0.15, 0.2) is 0 Å². The molecule has 0 spiro atoms. The first-order chi connectivity index (χ1) is 9.63. The molecule has 2 unspecified atom stereocenters. The summed E-state index contributed by atoms with van der Waals surface area (Å²) in [6.07, 6.45) is 8.43. The lowest BCUT2D eigenvalue weighted by molar-refractivity contribution is 0.363. The molecule has 2 aliphatic rings. The van der Waals surface area contributed by atoms with Crippen LogP contribution in [0.4, 0.5) is 0 Å². The van der Waals surface area contributed by atoms with E-state index in [2.05, 4.69) is 38.2 Å². The summed E-state index contributed by atoms with van der Waals surface area (Å²) >= 11 is 0. The maximum Gasteiger partial charge on any atom is 0.00683 e. The molecule has 0 heterocycles. The van der Waals surface area contributed by atoms with Crippen molar-refractivity contribution in [2.45, 2.75) is 65.3 Å². The van der Waals surface area contributed by atoms with Gasteiger partial charge in [-0.1, -0.05) is 24.1 Å². The first-order valence-electron chi connectivity index (χ1n) is 8.43. The third-order valence-electron chi connectivity index (χ3n) is 5.37. The van der Waals surface area contributed by atoms with Gasteiger partial charge in [0.1, 0.15) is 0 Å². The van der Waals surface area contributed by atoms with Gasteiger partial charge in [-0.3, -0.25) is 0 Å². The minimum atomic E-state index is 0.860. The molecule has 3 rings (SSSR count). The quantitative estimate of drug-likeness (QED) is 0.841. The van der Waals surface area contributed by atoms with Crippen molar-refractivity contribution in [2.75, 3.05) is 6.54 Å². The number of nitrogens with one attached hydrogen (secondary N) is 1. The van der Waals surface area contributed by atoms with E-state index in [1.807, 2.05) is 0 Å². The highest BCUT2D eigenvalue weighted by Crippen LogP contribution is 2.36. The Kier molecular flexibility index (Phi) is 4.16. The summed E-state index contributed by atoms with van der Waals surface area (Å²) in [5, 5.41) is 3.75. The number of hydrogen-bond acceptors (Lipinski definition) is 1. The molecule has 20 heavy (non-hydrogen) atoms. The largest absolute Gasteiger partial charge is 0.314 e. The predicted molar refractivity (Wildman–Crippen MR) is 86.2 cm³/mol. The Morgan fingerprint density at radius 1 is 0.950 bits per heavy atom. The van der Waals surface area contributed by atoms with E-state index in [-0.39, 0.29) is 0 Å². The zero-order valence-electron chi connectivity index (χ0n) is 13.3. The van der Waals surface area contributed by atoms with Gasteiger partial charge in [0.25, 0.3) is 0 Å². The van der Waals surface area contributed by atoms with Crippen LogP contribution in [0.3, 0.4) is 0 Å². The normalized spacial score (nSPS) is 26.1. The SMILES string of the molecule is Cc1cc(C)c(CC2CCCC2CNC2CC2)c(C)c1. The highest BCUT2D eigenvalue weighted by Gasteiger charge is 2.30. The van der Waals surface area contributed by atoms with E-state index in [1.165, 1.54) is 61.8 Å². The molecule has 1 aromatic rings. The van der Waals surface area contributed by atoms with Gasteiger partial charge >= 0.3 is 0 Å². The van der Waals surface area contributed by atoms with Gasteiger partial charge in [-0.15, -0.1) is 0 Å². The van der Waals surface area contributed by atoms with Crippen molar-refractivity contribution in [2.24, 2.45) is 11.8 Å². The van der Waals surface area contributed by atoms with Crippen molar-refractivity contribution in [3.63, 3.8) is 0 Å². The van der Waals surface area contributed by atoms with Crippen LogP contribution in [0.25, 0.3) is 0 Å². The molecule has 1 heteroatoms. The fraction of sp³-hybridized carbons (Fsp3) is 0.684. The molecule has 1 nitrogen and oxygen atoms in total. The minimum absolute atomic E-state index is 0.860. The fourth-order valence-electron chi connectivity index (χ4n) is 4.05. The van der Waals surface area contributed by atoms with Crippen LogP contribution in [0.1, 0.15) is 54.4 Å². The second-order valence-electron chi connectivity index (χ2n) is 7.21. The molecule has 0 aliphatic heterocycles. The van der Waals surface area contributed by atoms with Gasteiger partial charge in [0.05, 0.1) is 0 Å². The monoisotopic (exact) mass is 271 g/mol.